The number of nitrogens with one attached hydrogen (secondary N) is 2. The van der Waals surface area contributed by atoms with Crippen LogP contribution in [0.2, 0.25) is 0 Å². The van der Waals surface area contributed by atoms with E-state index in [1.54, 1.807) is 18.2 Å². The van der Waals surface area contributed by atoms with E-state index in [1.165, 1.54) is 24.8 Å². The summed E-state index contributed by atoms with van der Waals surface area (Å²) in [5, 5.41) is 2.64. The molecule has 0 bridgehead atoms. The number of hydrogen-bond acceptors (Lipinski definition) is 5. The first-order valence-electron chi connectivity index (χ1n) is 14.2. The molecule has 8 heteroatoms. The second-order valence-electron chi connectivity index (χ2n) is 11.4. The van der Waals surface area contributed by atoms with E-state index in [1.807, 2.05) is 42.5 Å². The van der Waals surface area contributed by atoms with Gasteiger partial charge in [-0.1, -0.05) is 48.9 Å². The molecule has 1 saturated heterocycles. The highest BCUT2D eigenvalue weighted by Crippen LogP contribution is 2.39. The first-order chi connectivity index (χ1) is 19.3. The van der Waals surface area contributed by atoms with Crippen LogP contribution in [-0.2, 0) is 21.4 Å². The van der Waals surface area contributed by atoms with Crippen LogP contribution in [0.3, 0.4) is 0 Å². The molecule has 40 heavy (non-hydrogen) atoms. The van der Waals surface area contributed by atoms with Crippen LogP contribution < -0.4 is 10.0 Å². The predicted octanol–water partition coefficient (Wildman–Crippen LogP) is 6.21. The maximum absolute atomic E-state index is 13.4. The highest BCUT2D eigenvalue weighted by atomic mass is 32.2. The Morgan fingerprint density at radius 1 is 0.950 bits per heavy atom. The molecular weight excluding hydrogens is 520 g/mol. The van der Waals surface area contributed by atoms with Crippen molar-refractivity contribution in [2.75, 3.05) is 10.0 Å². The molecule has 0 radical (unpaired) electrons. The molecule has 208 valence electrons. The van der Waals surface area contributed by atoms with E-state index in [9.17, 15) is 13.2 Å². The lowest BCUT2D eigenvalue weighted by Gasteiger charge is -2.39. The van der Waals surface area contributed by atoms with Gasteiger partial charge in [0.05, 0.1) is 16.6 Å². The Hall–Kier alpha value is -3.49. The van der Waals surface area contributed by atoms with Gasteiger partial charge in [0.1, 0.15) is 5.92 Å². The largest absolute Gasteiger partial charge is 0.325 e. The third-order valence-corrected chi connectivity index (χ3v) is 10.2. The number of piperidine rings is 1. The first kappa shape index (κ1) is 26.7. The van der Waals surface area contributed by atoms with Gasteiger partial charge in [-0.3, -0.25) is 19.4 Å². The van der Waals surface area contributed by atoms with Crippen LogP contribution in [0.4, 0.5) is 17.1 Å². The molecule has 3 aromatic rings. The number of sulfonamides is 1. The minimum absolute atomic E-state index is 0.176. The zero-order valence-corrected chi connectivity index (χ0v) is 23.8. The molecule has 1 amide bonds. The quantitative estimate of drug-likeness (QED) is 0.323. The Bertz CT molecular complexity index is 1520. The maximum Gasteiger partial charge on any atom is 0.238 e. The maximum atomic E-state index is 13.4. The van der Waals surface area contributed by atoms with Gasteiger partial charge in [0.2, 0.25) is 15.9 Å². The van der Waals surface area contributed by atoms with Gasteiger partial charge in [0.15, 0.2) is 0 Å². The summed E-state index contributed by atoms with van der Waals surface area (Å²) in [4.78, 5) is 21.0. The third kappa shape index (κ3) is 5.56. The van der Waals surface area contributed by atoms with Gasteiger partial charge in [-0.15, -0.1) is 0 Å². The van der Waals surface area contributed by atoms with Crippen molar-refractivity contribution < 1.29 is 13.2 Å². The number of hydrogen-bond donors (Lipinski definition) is 2. The number of aliphatic imine (C=N–C) groups is 1. The van der Waals surface area contributed by atoms with Gasteiger partial charge in [-0.2, -0.15) is 0 Å². The average molecular weight is 557 g/mol. The zero-order chi connectivity index (χ0) is 27.9. The summed E-state index contributed by atoms with van der Waals surface area (Å²) in [6, 6.07) is 24.4. The predicted molar refractivity (Wildman–Crippen MR) is 161 cm³/mol. The van der Waals surface area contributed by atoms with E-state index >= 15 is 0 Å². The molecule has 2 aliphatic heterocycles. The highest BCUT2D eigenvalue weighted by molar-refractivity contribution is 7.93. The Morgan fingerprint density at radius 2 is 1.65 bits per heavy atom. The average Bonchev–Trinajstić information content (AvgIpc) is 3.75. The number of fused-ring (bicyclic) bond motifs is 1. The summed E-state index contributed by atoms with van der Waals surface area (Å²) in [5.74, 6) is -0.845. The summed E-state index contributed by atoms with van der Waals surface area (Å²) in [7, 11) is -3.42. The molecule has 2 N–H and O–H groups in total. The molecule has 3 atom stereocenters. The van der Waals surface area contributed by atoms with E-state index in [4.69, 9.17) is 4.99 Å². The van der Waals surface area contributed by atoms with Gasteiger partial charge in [-0.25, -0.2) is 8.42 Å². The molecule has 1 saturated carbocycles. The van der Waals surface area contributed by atoms with Gasteiger partial charge in [0, 0.05) is 30.0 Å². The Kier molecular flexibility index (Phi) is 7.23. The Morgan fingerprint density at radius 3 is 2.33 bits per heavy atom. The van der Waals surface area contributed by atoms with Crippen molar-refractivity contribution in [3.63, 3.8) is 0 Å². The lowest BCUT2D eigenvalue weighted by Crippen LogP contribution is -2.42. The van der Waals surface area contributed by atoms with Crippen LogP contribution in [0.1, 0.15) is 68.6 Å². The summed E-state index contributed by atoms with van der Waals surface area (Å²) >= 11 is 0. The van der Waals surface area contributed by atoms with Crippen molar-refractivity contribution in [1.29, 1.82) is 0 Å². The molecule has 0 aromatic heterocycles. The molecule has 0 spiro atoms. The van der Waals surface area contributed by atoms with Crippen LogP contribution in [0.25, 0.3) is 0 Å². The highest BCUT2D eigenvalue weighted by Gasteiger charge is 2.38. The molecule has 3 aliphatic rings. The minimum atomic E-state index is -3.42. The van der Waals surface area contributed by atoms with Crippen LogP contribution in [0.5, 0.6) is 0 Å². The third-order valence-electron chi connectivity index (χ3n) is 8.38. The second-order valence-corrected chi connectivity index (χ2v) is 13.4. The first-order valence-corrected chi connectivity index (χ1v) is 15.8. The van der Waals surface area contributed by atoms with E-state index in [-0.39, 0.29) is 11.2 Å². The van der Waals surface area contributed by atoms with Crippen molar-refractivity contribution in [3.05, 3.63) is 89.5 Å². The molecule has 3 aromatic carbocycles. The normalized spacial score (nSPS) is 23.5. The zero-order valence-electron chi connectivity index (χ0n) is 23.0. The van der Waals surface area contributed by atoms with E-state index in [0.29, 0.717) is 47.6 Å². The fourth-order valence-electron chi connectivity index (χ4n) is 5.94. The molecule has 2 heterocycles. The summed E-state index contributed by atoms with van der Waals surface area (Å²) in [6.07, 6.45) is 5.13. The Balaban J connectivity index is 1.32. The number of carbonyl (C=O) groups excluding carboxylic acids is 1. The van der Waals surface area contributed by atoms with Crippen LogP contribution >= 0.6 is 0 Å². The van der Waals surface area contributed by atoms with Crippen molar-refractivity contribution in [2.45, 2.75) is 75.7 Å². The monoisotopic (exact) mass is 556 g/mol. The van der Waals surface area contributed by atoms with Gasteiger partial charge in [0.25, 0.3) is 0 Å². The number of rotatable bonds is 8. The van der Waals surface area contributed by atoms with E-state index in [2.05, 4.69) is 40.9 Å². The molecule has 2 fully saturated rings. The van der Waals surface area contributed by atoms with E-state index in [0.717, 1.165) is 17.8 Å². The fourth-order valence-corrected chi connectivity index (χ4v) is 7.32. The smallest absolute Gasteiger partial charge is 0.238 e. The molecule has 7 nitrogen and oxygen atoms in total. The number of nitrogens with zero attached hydrogens (tertiary/aromatic N) is 2. The number of benzene rings is 3. The number of amides is 1. The lowest BCUT2D eigenvalue weighted by molar-refractivity contribution is -0.115. The summed E-state index contributed by atoms with van der Waals surface area (Å²) < 4.78 is 27.9. The van der Waals surface area contributed by atoms with Gasteiger partial charge >= 0.3 is 0 Å². The minimum Gasteiger partial charge on any atom is -0.325 e. The summed E-state index contributed by atoms with van der Waals surface area (Å²) in [6.45, 7) is 5.54. The number of carbonyl (C=O) groups is 1. The van der Waals surface area contributed by atoms with Crippen LogP contribution in [-0.4, -0.2) is 42.3 Å². The van der Waals surface area contributed by atoms with Crippen molar-refractivity contribution in [3.8, 4) is 0 Å². The number of likely N-dealkylation sites (tertiary alicyclic amines) is 1. The second kappa shape index (κ2) is 10.8. The molecule has 3 unspecified atom stereocenters. The lowest BCUT2D eigenvalue weighted by atomic mass is 9.90. The fraction of sp³-hybridized carbons (Fsp3) is 0.375. The SMILES string of the molecule is CC1CCCC(C)N1Cc1ccc(N=C(c2ccccc2)C2C(=O)Nc3ccc(NS(=O)(=O)C4CC4)cc32)cc1. The van der Waals surface area contributed by atoms with Gasteiger partial charge < -0.3 is 5.32 Å². The topological polar surface area (TPSA) is 90.9 Å². The molecule has 6 rings (SSSR count). The standard InChI is InChI=1S/C32H36N4O3S/c1-21-7-6-8-22(2)36(21)20-23-11-13-25(14-12-23)33-31(24-9-4-3-5-10-24)30-28-19-26(15-18-29(28)34-32(30)37)35-40(38,39)27-16-17-27/h3-5,9-15,18-19,21-22,27,30,35H,6-8,16-17,20H2,1-2H3,(H,34,37). The Labute approximate surface area is 236 Å². The molecule has 1 aliphatic carbocycles. The van der Waals surface area contributed by atoms with Crippen LogP contribution in [0, 0.1) is 0 Å². The van der Waals surface area contributed by atoms with Crippen molar-refractivity contribution in [1.82, 2.24) is 4.90 Å². The summed E-state index contributed by atoms with van der Waals surface area (Å²) in [5.41, 5.74) is 5.35. The van der Waals surface area contributed by atoms with Crippen LogP contribution in [0.15, 0.2) is 77.8 Å². The number of anilines is 2. The van der Waals surface area contributed by atoms with E-state index < -0.39 is 15.9 Å². The van der Waals surface area contributed by atoms with Crippen molar-refractivity contribution in [2.24, 2.45) is 4.99 Å². The van der Waals surface area contributed by atoms with Crippen molar-refractivity contribution >= 4 is 38.7 Å². The van der Waals surface area contributed by atoms with Gasteiger partial charge in [-0.05, 0) is 86.6 Å². The molecular formula is C32H36N4O3S.